The number of anilines is 1. The highest BCUT2D eigenvalue weighted by Crippen LogP contribution is 2.38. The molecule has 0 bridgehead atoms. The molecule has 2 heterocycles. The number of benzene rings is 1. The molecule has 0 radical (unpaired) electrons. The van der Waals surface area contributed by atoms with Gasteiger partial charge in [-0.3, -0.25) is 4.79 Å². The molecule has 5 nitrogen and oxygen atoms in total. The van der Waals surface area contributed by atoms with E-state index in [1.807, 2.05) is 24.0 Å². The quantitative estimate of drug-likeness (QED) is 0.810. The van der Waals surface area contributed by atoms with Crippen LogP contribution in [0.25, 0.3) is 0 Å². The molecule has 2 aliphatic rings. The van der Waals surface area contributed by atoms with E-state index in [1.54, 1.807) is 6.33 Å². The Bertz CT molecular complexity index is 725. The normalized spacial score (nSPS) is 18.6. The van der Waals surface area contributed by atoms with Crippen molar-refractivity contribution in [3.8, 4) is 0 Å². The van der Waals surface area contributed by atoms with Gasteiger partial charge in [0.25, 0.3) is 0 Å². The first kappa shape index (κ1) is 14.8. The minimum Gasteiger partial charge on any atom is -0.311 e. The molecule has 1 aliphatic carbocycles. The van der Waals surface area contributed by atoms with Crippen LogP contribution < -0.4 is 4.90 Å². The molecule has 1 amide bonds. The van der Waals surface area contributed by atoms with Crippen molar-refractivity contribution < 1.29 is 4.79 Å². The number of carbonyl (C=O) groups excluding carboxylic acids is 1. The van der Waals surface area contributed by atoms with Crippen LogP contribution >= 0.6 is 11.8 Å². The van der Waals surface area contributed by atoms with Gasteiger partial charge in [0.05, 0.1) is 5.25 Å². The molecule has 1 unspecified atom stereocenters. The van der Waals surface area contributed by atoms with Gasteiger partial charge in [0, 0.05) is 18.3 Å². The van der Waals surface area contributed by atoms with Crippen LogP contribution in [0.2, 0.25) is 0 Å². The molecule has 1 saturated carbocycles. The van der Waals surface area contributed by atoms with Crippen molar-refractivity contribution >= 4 is 23.4 Å². The number of fused-ring (bicyclic) bond motifs is 1. The van der Waals surface area contributed by atoms with Crippen molar-refractivity contribution in [2.45, 2.75) is 49.1 Å². The van der Waals surface area contributed by atoms with E-state index in [-0.39, 0.29) is 11.2 Å². The first-order chi connectivity index (χ1) is 11.2. The fourth-order valence-electron chi connectivity index (χ4n) is 3.11. The largest absolute Gasteiger partial charge is 0.311 e. The molecule has 1 fully saturated rings. The van der Waals surface area contributed by atoms with Crippen LogP contribution in [0.3, 0.4) is 0 Å². The molecule has 0 spiro atoms. The predicted octanol–water partition coefficient (Wildman–Crippen LogP) is 3.07. The van der Waals surface area contributed by atoms with Crippen LogP contribution in [-0.2, 0) is 11.2 Å². The monoisotopic (exact) mass is 328 g/mol. The van der Waals surface area contributed by atoms with Gasteiger partial charge >= 0.3 is 0 Å². The molecule has 1 atom stereocenters. The molecule has 0 saturated heterocycles. The lowest BCUT2D eigenvalue weighted by Crippen LogP contribution is -2.40. The molecule has 23 heavy (non-hydrogen) atoms. The van der Waals surface area contributed by atoms with Crippen LogP contribution in [0.15, 0.2) is 35.7 Å². The Morgan fingerprint density at radius 1 is 1.35 bits per heavy atom. The van der Waals surface area contributed by atoms with Gasteiger partial charge < -0.3 is 9.47 Å². The number of hydrogen-bond donors (Lipinski definition) is 0. The van der Waals surface area contributed by atoms with Crippen molar-refractivity contribution in [3.05, 3.63) is 36.2 Å². The Labute approximate surface area is 140 Å². The number of nitrogens with zero attached hydrogens (tertiary/aromatic N) is 4. The lowest BCUT2D eigenvalue weighted by Gasteiger charge is -2.31. The average molecular weight is 328 g/mol. The summed E-state index contributed by atoms with van der Waals surface area (Å²) >= 11 is 1.52. The number of hydrogen-bond acceptors (Lipinski definition) is 4. The molecule has 1 aromatic heterocycles. The summed E-state index contributed by atoms with van der Waals surface area (Å²) in [5, 5.41) is 8.90. The summed E-state index contributed by atoms with van der Waals surface area (Å²) in [7, 11) is 0. The van der Waals surface area contributed by atoms with Crippen molar-refractivity contribution in [2.24, 2.45) is 0 Å². The van der Waals surface area contributed by atoms with Crippen molar-refractivity contribution in [1.29, 1.82) is 0 Å². The number of para-hydroxylation sites is 1. The second-order valence-electron chi connectivity index (χ2n) is 6.23. The maximum absolute atomic E-state index is 12.9. The Morgan fingerprint density at radius 2 is 2.17 bits per heavy atom. The summed E-state index contributed by atoms with van der Waals surface area (Å²) in [6.07, 6.45) is 6.24. The van der Waals surface area contributed by atoms with Crippen LogP contribution in [0.5, 0.6) is 0 Å². The summed E-state index contributed by atoms with van der Waals surface area (Å²) < 4.78 is 2.11. The van der Waals surface area contributed by atoms with Gasteiger partial charge in [0.1, 0.15) is 6.33 Å². The molecule has 1 aliphatic heterocycles. The van der Waals surface area contributed by atoms with E-state index in [0.717, 1.165) is 30.2 Å². The number of rotatable bonds is 4. The molecule has 4 rings (SSSR count). The van der Waals surface area contributed by atoms with Crippen LogP contribution in [0.4, 0.5) is 5.69 Å². The Balaban J connectivity index is 1.51. The third kappa shape index (κ3) is 2.87. The highest BCUT2D eigenvalue weighted by Gasteiger charge is 2.30. The molecule has 2 aromatic rings. The Kier molecular flexibility index (Phi) is 3.85. The molecule has 120 valence electrons. The smallest absolute Gasteiger partial charge is 0.240 e. The average Bonchev–Trinajstić information content (AvgIpc) is 3.33. The lowest BCUT2D eigenvalue weighted by molar-refractivity contribution is -0.117. The third-order valence-electron chi connectivity index (χ3n) is 4.49. The Hall–Kier alpha value is -1.82. The van der Waals surface area contributed by atoms with Crippen LogP contribution in [-0.4, -0.2) is 32.5 Å². The first-order valence-electron chi connectivity index (χ1n) is 8.19. The standard InChI is InChI=1S/C17H20N4OS/c1-12(23-17-19-18-11-21(17)14-8-9-14)16(22)20-10-4-6-13-5-2-3-7-15(13)20/h2-3,5,7,11-12,14H,4,6,8-10H2,1H3. The summed E-state index contributed by atoms with van der Waals surface area (Å²) in [6, 6.07) is 8.76. The topological polar surface area (TPSA) is 51.0 Å². The van der Waals surface area contributed by atoms with Crippen molar-refractivity contribution in [1.82, 2.24) is 14.8 Å². The highest BCUT2D eigenvalue weighted by molar-refractivity contribution is 8.00. The number of thioether (sulfide) groups is 1. The summed E-state index contributed by atoms with van der Waals surface area (Å²) in [5.41, 5.74) is 2.34. The zero-order chi connectivity index (χ0) is 15.8. The number of carbonyl (C=O) groups is 1. The second kappa shape index (κ2) is 6.00. The van der Waals surface area contributed by atoms with Crippen molar-refractivity contribution in [3.63, 3.8) is 0 Å². The van der Waals surface area contributed by atoms with E-state index >= 15 is 0 Å². The predicted molar refractivity (Wildman–Crippen MR) is 90.7 cm³/mol. The maximum Gasteiger partial charge on any atom is 0.240 e. The van der Waals surface area contributed by atoms with E-state index in [9.17, 15) is 4.79 Å². The van der Waals surface area contributed by atoms with E-state index in [1.165, 1.54) is 30.2 Å². The van der Waals surface area contributed by atoms with Gasteiger partial charge in [0.15, 0.2) is 5.16 Å². The molecular weight excluding hydrogens is 308 g/mol. The van der Waals surface area contributed by atoms with Gasteiger partial charge in [0.2, 0.25) is 5.91 Å². The minimum absolute atomic E-state index is 0.160. The van der Waals surface area contributed by atoms with Crippen molar-refractivity contribution in [2.75, 3.05) is 11.4 Å². The van der Waals surface area contributed by atoms with E-state index in [0.29, 0.717) is 6.04 Å². The zero-order valence-corrected chi connectivity index (χ0v) is 14.0. The molecular formula is C17H20N4OS. The van der Waals surface area contributed by atoms with Gasteiger partial charge in [-0.25, -0.2) is 0 Å². The number of aryl methyl sites for hydroxylation is 1. The second-order valence-corrected chi connectivity index (χ2v) is 7.54. The van der Waals surface area contributed by atoms with E-state index in [2.05, 4.69) is 26.9 Å². The summed E-state index contributed by atoms with van der Waals surface area (Å²) in [6.45, 7) is 2.77. The van der Waals surface area contributed by atoms with Gasteiger partial charge in [-0.1, -0.05) is 30.0 Å². The fraction of sp³-hybridized carbons (Fsp3) is 0.471. The van der Waals surface area contributed by atoms with Crippen LogP contribution in [0, 0.1) is 0 Å². The van der Waals surface area contributed by atoms with Crippen LogP contribution in [0.1, 0.15) is 37.8 Å². The Morgan fingerprint density at radius 3 is 3.00 bits per heavy atom. The number of aromatic nitrogens is 3. The number of amides is 1. The molecule has 1 aromatic carbocycles. The van der Waals surface area contributed by atoms with E-state index in [4.69, 9.17) is 0 Å². The van der Waals surface area contributed by atoms with Gasteiger partial charge in [-0.2, -0.15) is 0 Å². The summed E-state index contributed by atoms with van der Waals surface area (Å²) in [4.78, 5) is 14.9. The highest BCUT2D eigenvalue weighted by atomic mass is 32.2. The fourth-order valence-corrected chi connectivity index (χ4v) is 4.07. The minimum atomic E-state index is -0.164. The lowest BCUT2D eigenvalue weighted by atomic mass is 10.0. The zero-order valence-electron chi connectivity index (χ0n) is 13.2. The van der Waals surface area contributed by atoms with Gasteiger partial charge in [-0.15, -0.1) is 10.2 Å². The third-order valence-corrected chi connectivity index (χ3v) is 5.55. The van der Waals surface area contributed by atoms with E-state index < -0.39 is 0 Å². The first-order valence-corrected chi connectivity index (χ1v) is 9.07. The molecule has 0 N–H and O–H groups in total. The SMILES string of the molecule is CC(Sc1nncn1C1CC1)C(=O)N1CCCc2ccccc21. The summed E-state index contributed by atoms with van der Waals surface area (Å²) in [5.74, 6) is 0.160. The molecule has 6 heteroatoms. The van der Waals surface area contributed by atoms with Gasteiger partial charge in [-0.05, 0) is 44.2 Å². The maximum atomic E-state index is 12.9.